The van der Waals surface area contributed by atoms with Crippen molar-refractivity contribution in [2.45, 2.75) is 20.0 Å². The van der Waals surface area contributed by atoms with E-state index < -0.39 is 18.0 Å². The molecule has 0 saturated carbocycles. The molecule has 136 valence electrons. The highest BCUT2D eigenvalue weighted by Crippen LogP contribution is 2.24. The van der Waals surface area contributed by atoms with Gasteiger partial charge < -0.3 is 14.8 Å². The summed E-state index contributed by atoms with van der Waals surface area (Å²) in [5.74, 6) is -0.378. The Labute approximate surface area is 161 Å². The number of anilines is 1. The van der Waals surface area contributed by atoms with E-state index in [0.717, 1.165) is 15.6 Å². The van der Waals surface area contributed by atoms with Crippen molar-refractivity contribution in [1.29, 1.82) is 0 Å². The summed E-state index contributed by atoms with van der Waals surface area (Å²) in [6.07, 6.45) is 1.93. The Balaban J connectivity index is 1.95. The molecule has 5 nitrogen and oxygen atoms in total. The third-order valence-corrected chi connectivity index (χ3v) is 4.07. The minimum absolute atomic E-state index is 0.393. The number of benzene rings is 2. The van der Waals surface area contributed by atoms with Gasteiger partial charge in [0.05, 0.1) is 7.11 Å². The van der Waals surface area contributed by atoms with E-state index in [9.17, 15) is 9.59 Å². The summed E-state index contributed by atoms with van der Waals surface area (Å²) in [4.78, 5) is 24.1. The minimum atomic E-state index is -0.919. The SMILES string of the molecule is COc1ccc(Br)cc1/C=C/C(=O)O[C@H](C)C(=O)Nc1ccc(C)cc1. The Bertz CT molecular complexity index is 815. The number of carbonyl (C=O) groups is 2. The average molecular weight is 418 g/mol. The maximum absolute atomic E-state index is 12.1. The summed E-state index contributed by atoms with van der Waals surface area (Å²) in [7, 11) is 1.55. The highest BCUT2D eigenvalue weighted by atomic mass is 79.9. The van der Waals surface area contributed by atoms with Crippen molar-refractivity contribution >= 4 is 39.6 Å². The van der Waals surface area contributed by atoms with E-state index in [2.05, 4.69) is 21.2 Å². The molecule has 0 aliphatic heterocycles. The fourth-order valence-corrected chi connectivity index (χ4v) is 2.52. The fourth-order valence-electron chi connectivity index (χ4n) is 2.14. The summed E-state index contributed by atoms with van der Waals surface area (Å²) in [5, 5.41) is 2.71. The maximum atomic E-state index is 12.1. The molecule has 0 heterocycles. The normalized spacial score (nSPS) is 11.8. The van der Waals surface area contributed by atoms with Gasteiger partial charge in [-0.3, -0.25) is 4.79 Å². The van der Waals surface area contributed by atoms with Gasteiger partial charge in [0.2, 0.25) is 0 Å². The first-order valence-electron chi connectivity index (χ1n) is 7.99. The van der Waals surface area contributed by atoms with Gasteiger partial charge in [0.15, 0.2) is 6.10 Å². The van der Waals surface area contributed by atoms with Crippen LogP contribution in [0, 0.1) is 6.92 Å². The molecule has 0 fully saturated rings. The van der Waals surface area contributed by atoms with Gasteiger partial charge in [0.1, 0.15) is 5.75 Å². The molecule has 0 aliphatic carbocycles. The third-order valence-electron chi connectivity index (χ3n) is 3.57. The lowest BCUT2D eigenvalue weighted by atomic mass is 10.2. The van der Waals surface area contributed by atoms with Gasteiger partial charge in [0.25, 0.3) is 5.91 Å². The first kappa shape index (κ1) is 19.7. The largest absolute Gasteiger partial charge is 0.496 e. The van der Waals surface area contributed by atoms with E-state index in [0.29, 0.717) is 11.4 Å². The van der Waals surface area contributed by atoms with Crippen LogP contribution in [0.3, 0.4) is 0 Å². The maximum Gasteiger partial charge on any atom is 0.331 e. The molecule has 1 amide bonds. The zero-order valence-electron chi connectivity index (χ0n) is 14.8. The molecule has 0 radical (unpaired) electrons. The van der Waals surface area contributed by atoms with Crippen LogP contribution in [0.1, 0.15) is 18.1 Å². The monoisotopic (exact) mass is 417 g/mol. The molecule has 0 aromatic heterocycles. The van der Waals surface area contributed by atoms with Crippen LogP contribution in [0.15, 0.2) is 53.0 Å². The minimum Gasteiger partial charge on any atom is -0.496 e. The molecule has 2 rings (SSSR count). The van der Waals surface area contributed by atoms with Gasteiger partial charge in [-0.2, -0.15) is 0 Å². The number of hydrogen-bond donors (Lipinski definition) is 1. The number of halogens is 1. The quantitative estimate of drug-likeness (QED) is 0.560. The predicted octanol–water partition coefficient (Wildman–Crippen LogP) is 4.35. The van der Waals surface area contributed by atoms with Crippen LogP contribution in [0.25, 0.3) is 6.08 Å². The summed E-state index contributed by atoms with van der Waals surface area (Å²) in [5.41, 5.74) is 2.46. The molecular formula is C20H20BrNO4. The number of esters is 1. The van der Waals surface area contributed by atoms with Gasteiger partial charge in [-0.25, -0.2) is 4.79 Å². The van der Waals surface area contributed by atoms with E-state index in [4.69, 9.17) is 9.47 Å². The molecule has 0 saturated heterocycles. The summed E-state index contributed by atoms with van der Waals surface area (Å²) < 4.78 is 11.2. The second-order valence-corrected chi connectivity index (χ2v) is 6.57. The van der Waals surface area contributed by atoms with Gasteiger partial charge in [-0.15, -0.1) is 0 Å². The Morgan fingerprint density at radius 3 is 2.50 bits per heavy atom. The van der Waals surface area contributed by atoms with Gasteiger partial charge in [0, 0.05) is 21.8 Å². The average Bonchev–Trinajstić information content (AvgIpc) is 2.62. The molecule has 0 aliphatic rings. The van der Waals surface area contributed by atoms with E-state index in [-0.39, 0.29) is 0 Å². The fraction of sp³-hybridized carbons (Fsp3) is 0.200. The van der Waals surface area contributed by atoms with Crippen LogP contribution in [-0.4, -0.2) is 25.1 Å². The Morgan fingerprint density at radius 2 is 1.85 bits per heavy atom. The molecule has 2 aromatic carbocycles. The highest BCUT2D eigenvalue weighted by Gasteiger charge is 2.16. The number of nitrogens with one attached hydrogen (secondary N) is 1. The van der Waals surface area contributed by atoms with Crippen LogP contribution in [-0.2, 0) is 14.3 Å². The Kier molecular flexibility index (Phi) is 6.97. The molecule has 0 unspecified atom stereocenters. The zero-order valence-corrected chi connectivity index (χ0v) is 16.4. The van der Waals surface area contributed by atoms with Crippen LogP contribution >= 0.6 is 15.9 Å². The Morgan fingerprint density at radius 1 is 1.15 bits per heavy atom. The number of ether oxygens (including phenoxy) is 2. The van der Waals surface area contributed by atoms with Crippen molar-refractivity contribution in [2.75, 3.05) is 12.4 Å². The van der Waals surface area contributed by atoms with Crippen molar-refractivity contribution in [2.24, 2.45) is 0 Å². The van der Waals surface area contributed by atoms with Crippen LogP contribution in [0.2, 0.25) is 0 Å². The summed E-state index contributed by atoms with van der Waals surface area (Å²) in [6, 6.07) is 12.8. The van der Waals surface area contributed by atoms with Gasteiger partial charge in [-0.05, 0) is 50.3 Å². The smallest absolute Gasteiger partial charge is 0.331 e. The van der Waals surface area contributed by atoms with Gasteiger partial charge in [-0.1, -0.05) is 33.6 Å². The number of hydrogen-bond acceptors (Lipinski definition) is 4. The van der Waals surface area contributed by atoms with E-state index >= 15 is 0 Å². The topological polar surface area (TPSA) is 64.6 Å². The molecule has 1 atom stereocenters. The van der Waals surface area contributed by atoms with Crippen LogP contribution in [0.5, 0.6) is 5.75 Å². The zero-order chi connectivity index (χ0) is 19.1. The lowest BCUT2D eigenvalue weighted by molar-refractivity contribution is -0.148. The van der Waals surface area contributed by atoms with Crippen molar-refractivity contribution in [3.8, 4) is 5.75 Å². The molecule has 2 aromatic rings. The standard InChI is InChI=1S/C20H20BrNO4/c1-13-4-8-17(9-5-13)22-20(24)14(2)26-19(23)11-6-15-12-16(21)7-10-18(15)25-3/h4-12,14H,1-3H3,(H,22,24)/b11-6+/t14-/m1/s1. The van der Waals surface area contributed by atoms with Crippen molar-refractivity contribution in [3.63, 3.8) is 0 Å². The summed E-state index contributed by atoms with van der Waals surface area (Å²) in [6.45, 7) is 3.48. The van der Waals surface area contributed by atoms with E-state index in [1.165, 1.54) is 13.0 Å². The molecular weight excluding hydrogens is 398 g/mol. The number of rotatable bonds is 6. The lowest BCUT2D eigenvalue weighted by Gasteiger charge is -2.12. The molecule has 6 heteroatoms. The number of methoxy groups -OCH3 is 1. The third kappa shape index (κ3) is 5.74. The number of amides is 1. The van der Waals surface area contributed by atoms with Crippen molar-refractivity contribution < 1.29 is 19.1 Å². The molecule has 1 N–H and O–H groups in total. The van der Waals surface area contributed by atoms with Gasteiger partial charge >= 0.3 is 5.97 Å². The number of carbonyl (C=O) groups excluding carboxylic acids is 2. The first-order chi connectivity index (χ1) is 12.4. The summed E-state index contributed by atoms with van der Waals surface area (Å²) >= 11 is 3.37. The van der Waals surface area contributed by atoms with Crippen LogP contribution < -0.4 is 10.1 Å². The second kappa shape index (κ2) is 9.20. The van der Waals surface area contributed by atoms with Crippen molar-refractivity contribution in [1.82, 2.24) is 0 Å². The van der Waals surface area contributed by atoms with E-state index in [1.807, 2.05) is 31.2 Å². The first-order valence-corrected chi connectivity index (χ1v) is 8.78. The van der Waals surface area contributed by atoms with E-state index in [1.54, 1.807) is 31.4 Å². The second-order valence-electron chi connectivity index (χ2n) is 5.65. The molecule has 0 bridgehead atoms. The predicted molar refractivity (Wildman–Crippen MR) is 105 cm³/mol. The number of aryl methyl sites for hydroxylation is 1. The van der Waals surface area contributed by atoms with Crippen LogP contribution in [0.4, 0.5) is 5.69 Å². The molecule has 26 heavy (non-hydrogen) atoms. The Hall–Kier alpha value is -2.60. The van der Waals surface area contributed by atoms with Crippen molar-refractivity contribution in [3.05, 3.63) is 64.1 Å². The molecule has 0 spiro atoms. The lowest BCUT2D eigenvalue weighted by Crippen LogP contribution is -2.29. The highest BCUT2D eigenvalue weighted by molar-refractivity contribution is 9.10.